The first-order valence-electron chi connectivity index (χ1n) is 9.28. The minimum Gasteiger partial charge on any atom is -0.508 e. The van der Waals surface area contributed by atoms with Gasteiger partial charge in [-0.15, -0.1) is 0 Å². The van der Waals surface area contributed by atoms with Crippen LogP contribution in [0.4, 0.5) is 17.2 Å². The third-order valence-corrected chi connectivity index (χ3v) is 5.05. The molecule has 0 spiro atoms. The van der Waals surface area contributed by atoms with Gasteiger partial charge >= 0.3 is 0 Å². The van der Waals surface area contributed by atoms with E-state index in [2.05, 4.69) is 20.9 Å². The van der Waals surface area contributed by atoms with Crippen molar-refractivity contribution in [1.29, 1.82) is 0 Å². The van der Waals surface area contributed by atoms with Crippen molar-refractivity contribution < 1.29 is 9.90 Å². The van der Waals surface area contributed by atoms with Gasteiger partial charge in [-0.1, -0.05) is 18.2 Å². The summed E-state index contributed by atoms with van der Waals surface area (Å²) in [5.41, 5.74) is 4.71. The van der Waals surface area contributed by atoms with Gasteiger partial charge in [-0.3, -0.25) is 4.79 Å². The highest BCUT2D eigenvalue weighted by Gasteiger charge is 2.12. The van der Waals surface area contributed by atoms with E-state index in [9.17, 15) is 9.90 Å². The van der Waals surface area contributed by atoms with Crippen molar-refractivity contribution in [2.75, 3.05) is 17.3 Å². The fourth-order valence-corrected chi connectivity index (χ4v) is 3.36. The number of hydrogen-bond donors (Lipinski definition) is 2. The lowest BCUT2D eigenvalue weighted by Gasteiger charge is -2.16. The topological polar surface area (TPSA) is 70.4 Å². The predicted molar refractivity (Wildman–Crippen MR) is 117 cm³/mol. The van der Waals surface area contributed by atoms with E-state index >= 15 is 0 Å². The third-order valence-electron chi connectivity index (χ3n) is 5.05. The molecular weight excluding hydrogens is 364 g/mol. The summed E-state index contributed by atoms with van der Waals surface area (Å²) in [6.07, 6.45) is 1.83. The molecule has 0 aliphatic heterocycles. The first-order valence-corrected chi connectivity index (χ1v) is 9.28. The normalized spacial score (nSPS) is 10.9. The number of phenolic OH excluding ortho intramolecular Hbond substituents is 1. The smallest absolute Gasteiger partial charge is 0.223 e. The number of rotatable bonds is 4. The number of aryl methyl sites for hydroxylation is 1. The van der Waals surface area contributed by atoms with E-state index in [1.54, 1.807) is 37.1 Å². The molecule has 0 unspecified atom stereocenters. The van der Waals surface area contributed by atoms with Crippen molar-refractivity contribution >= 4 is 34.0 Å². The number of fused-ring (bicyclic) bond motifs is 1. The average Bonchev–Trinajstić information content (AvgIpc) is 3.04. The minimum atomic E-state index is -0.00828. The van der Waals surface area contributed by atoms with E-state index < -0.39 is 0 Å². The zero-order chi connectivity index (χ0) is 20.5. The number of phenols is 1. The second-order valence-electron chi connectivity index (χ2n) is 7.02. The molecule has 0 bridgehead atoms. The molecule has 0 fully saturated rings. The molecular formula is C23H22N4O2. The molecule has 4 rings (SSSR count). The van der Waals surface area contributed by atoms with E-state index in [1.807, 2.05) is 49.6 Å². The molecule has 2 heterocycles. The van der Waals surface area contributed by atoms with Crippen LogP contribution in [0.5, 0.6) is 5.75 Å². The lowest BCUT2D eigenvalue weighted by atomic mass is 10.1. The van der Waals surface area contributed by atoms with Crippen LogP contribution in [0.3, 0.4) is 0 Å². The number of aromatic hydroxyl groups is 1. The Morgan fingerprint density at radius 1 is 1.10 bits per heavy atom. The maximum Gasteiger partial charge on any atom is 0.223 e. The molecule has 0 radical (unpaired) electrons. The van der Waals surface area contributed by atoms with Gasteiger partial charge in [0.15, 0.2) is 0 Å². The number of anilines is 3. The number of amides is 1. The maximum atomic E-state index is 11.7. The summed E-state index contributed by atoms with van der Waals surface area (Å²) in [7, 11) is 3.78. The van der Waals surface area contributed by atoms with Crippen LogP contribution in [-0.2, 0) is 11.8 Å². The van der Waals surface area contributed by atoms with Gasteiger partial charge in [0.1, 0.15) is 11.6 Å². The average molecular weight is 386 g/mol. The van der Waals surface area contributed by atoms with Gasteiger partial charge in [0.2, 0.25) is 5.91 Å². The van der Waals surface area contributed by atoms with Gasteiger partial charge in [0, 0.05) is 67.4 Å². The highest BCUT2D eigenvalue weighted by atomic mass is 16.3. The van der Waals surface area contributed by atoms with Crippen molar-refractivity contribution in [3.8, 4) is 17.0 Å². The standard InChI is InChI=1S/C23H22N4O2/c1-15(28)26(2)19-8-4-6-16(10-19)21-11-17-14-24-23(13-22(17)27(21)3)25-18-7-5-9-20(29)12-18/h4-14,29H,1-3H3,(H,24,25). The zero-order valence-electron chi connectivity index (χ0n) is 16.5. The highest BCUT2D eigenvalue weighted by molar-refractivity contribution is 5.93. The number of nitrogens with one attached hydrogen (secondary N) is 1. The molecule has 6 nitrogen and oxygen atoms in total. The van der Waals surface area contributed by atoms with E-state index in [1.165, 1.54) is 0 Å². The van der Waals surface area contributed by atoms with Crippen LogP contribution in [0.15, 0.2) is 66.9 Å². The number of carbonyl (C=O) groups excluding carboxylic acids is 1. The molecule has 1 amide bonds. The van der Waals surface area contributed by atoms with Crippen molar-refractivity contribution in [3.63, 3.8) is 0 Å². The van der Waals surface area contributed by atoms with Crippen molar-refractivity contribution in [1.82, 2.24) is 9.55 Å². The Hall–Kier alpha value is -3.80. The maximum absolute atomic E-state index is 11.7. The molecule has 29 heavy (non-hydrogen) atoms. The SMILES string of the molecule is CC(=O)N(C)c1cccc(-c2cc3cnc(Nc4cccc(O)c4)cc3n2C)c1. The van der Waals surface area contributed by atoms with Gasteiger partial charge in [0.05, 0.1) is 5.52 Å². The van der Waals surface area contributed by atoms with Crippen LogP contribution in [0.25, 0.3) is 22.2 Å². The molecule has 0 saturated heterocycles. The summed E-state index contributed by atoms with van der Waals surface area (Å²) in [6, 6.07) is 18.9. The van der Waals surface area contributed by atoms with Crippen LogP contribution in [0, 0.1) is 0 Å². The van der Waals surface area contributed by atoms with E-state index in [4.69, 9.17) is 0 Å². The van der Waals surface area contributed by atoms with E-state index in [-0.39, 0.29) is 11.7 Å². The number of carbonyl (C=O) groups is 1. The van der Waals surface area contributed by atoms with E-state index in [0.717, 1.165) is 33.5 Å². The molecule has 2 N–H and O–H groups in total. The molecule has 2 aromatic carbocycles. The Morgan fingerprint density at radius 3 is 2.66 bits per heavy atom. The van der Waals surface area contributed by atoms with Crippen LogP contribution in [0.1, 0.15) is 6.92 Å². The quantitative estimate of drug-likeness (QED) is 0.535. The molecule has 0 saturated carbocycles. The summed E-state index contributed by atoms with van der Waals surface area (Å²) in [5, 5.41) is 13.9. The summed E-state index contributed by atoms with van der Waals surface area (Å²) < 4.78 is 2.11. The third kappa shape index (κ3) is 3.65. The zero-order valence-corrected chi connectivity index (χ0v) is 16.5. The number of pyridine rings is 1. The van der Waals surface area contributed by atoms with E-state index in [0.29, 0.717) is 5.82 Å². The number of aromatic nitrogens is 2. The fourth-order valence-electron chi connectivity index (χ4n) is 3.36. The summed E-state index contributed by atoms with van der Waals surface area (Å²) in [6.45, 7) is 1.55. The monoisotopic (exact) mass is 386 g/mol. The van der Waals surface area contributed by atoms with Gasteiger partial charge in [-0.25, -0.2) is 4.98 Å². The number of benzene rings is 2. The Kier molecular flexibility index (Phi) is 4.68. The second kappa shape index (κ2) is 7.31. The lowest BCUT2D eigenvalue weighted by molar-refractivity contribution is -0.116. The largest absolute Gasteiger partial charge is 0.508 e. The predicted octanol–water partition coefficient (Wildman–Crippen LogP) is 4.67. The number of nitrogens with zero attached hydrogens (tertiary/aromatic N) is 3. The van der Waals surface area contributed by atoms with Gasteiger partial charge in [-0.05, 0) is 30.3 Å². The van der Waals surface area contributed by atoms with Crippen molar-refractivity contribution in [2.24, 2.45) is 7.05 Å². The summed E-state index contributed by atoms with van der Waals surface area (Å²) >= 11 is 0. The highest BCUT2D eigenvalue weighted by Crippen LogP contribution is 2.31. The molecule has 0 aliphatic carbocycles. The molecule has 2 aromatic heterocycles. The summed E-state index contributed by atoms with van der Waals surface area (Å²) in [4.78, 5) is 17.8. The van der Waals surface area contributed by atoms with Crippen LogP contribution >= 0.6 is 0 Å². The summed E-state index contributed by atoms with van der Waals surface area (Å²) in [5.74, 6) is 0.889. The van der Waals surface area contributed by atoms with Crippen molar-refractivity contribution in [3.05, 3.63) is 66.9 Å². The Bertz CT molecular complexity index is 1210. The van der Waals surface area contributed by atoms with Gasteiger partial charge in [-0.2, -0.15) is 0 Å². The Labute approximate surface area is 169 Å². The molecule has 0 atom stereocenters. The van der Waals surface area contributed by atoms with Crippen LogP contribution < -0.4 is 10.2 Å². The van der Waals surface area contributed by atoms with Crippen molar-refractivity contribution in [2.45, 2.75) is 6.92 Å². The van der Waals surface area contributed by atoms with Crippen LogP contribution in [-0.4, -0.2) is 27.6 Å². The molecule has 4 aromatic rings. The Morgan fingerprint density at radius 2 is 1.90 bits per heavy atom. The first kappa shape index (κ1) is 18.6. The van der Waals surface area contributed by atoms with Gasteiger partial charge < -0.3 is 19.9 Å². The molecule has 6 heteroatoms. The second-order valence-corrected chi connectivity index (χ2v) is 7.02. The fraction of sp³-hybridized carbons (Fsp3) is 0.130. The number of hydrogen-bond acceptors (Lipinski definition) is 4. The lowest BCUT2D eigenvalue weighted by Crippen LogP contribution is -2.22. The molecule has 146 valence electrons. The van der Waals surface area contributed by atoms with Gasteiger partial charge in [0.25, 0.3) is 0 Å². The first-order chi connectivity index (χ1) is 13.9. The Balaban J connectivity index is 1.71. The van der Waals surface area contributed by atoms with Crippen LogP contribution in [0.2, 0.25) is 0 Å². The minimum absolute atomic E-state index is 0.00828. The molecule has 0 aliphatic rings.